The number of benzene rings is 1. The lowest BCUT2D eigenvalue weighted by Gasteiger charge is -2.13. The van der Waals surface area contributed by atoms with E-state index in [0.717, 1.165) is 9.35 Å². The topological polar surface area (TPSA) is 26.0 Å². The average Bonchev–Trinajstić information content (AvgIpc) is 2.72. The number of nitrogens with two attached hydrogens (primary N) is 1. The molecule has 1 atom stereocenters. The van der Waals surface area contributed by atoms with Gasteiger partial charge in [-0.3, -0.25) is 0 Å². The van der Waals surface area contributed by atoms with Crippen molar-refractivity contribution >= 4 is 54.8 Å². The molecular weight excluding hydrogens is 392 g/mol. The standard InChI is InChI=1S/C11H7Br2ClFNS/c12-7-2-1-6(10(15)9(7)14)11(16)5-3-8(13)17-4-5/h1-4,11H,16H2. The average molecular weight is 400 g/mol. The highest BCUT2D eigenvalue weighted by Crippen LogP contribution is 2.33. The third-order valence-electron chi connectivity index (χ3n) is 2.35. The van der Waals surface area contributed by atoms with Crippen LogP contribution in [0.3, 0.4) is 0 Å². The van der Waals surface area contributed by atoms with Crippen molar-refractivity contribution in [2.24, 2.45) is 5.73 Å². The zero-order valence-electron chi connectivity index (χ0n) is 8.38. The minimum atomic E-state index is -0.511. The van der Waals surface area contributed by atoms with E-state index in [9.17, 15) is 4.39 Å². The van der Waals surface area contributed by atoms with E-state index in [1.165, 1.54) is 11.3 Å². The van der Waals surface area contributed by atoms with Gasteiger partial charge in [-0.05, 0) is 54.9 Å². The molecule has 2 rings (SSSR count). The van der Waals surface area contributed by atoms with Crippen LogP contribution in [0.25, 0.3) is 0 Å². The van der Waals surface area contributed by atoms with Crippen molar-refractivity contribution in [1.29, 1.82) is 0 Å². The molecule has 0 bridgehead atoms. The number of hydrogen-bond acceptors (Lipinski definition) is 2. The molecule has 0 amide bonds. The van der Waals surface area contributed by atoms with Crippen LogP contribution in [0.4, 0.5) is 4.39 Å². The third-order valence-corrected chi connectivity index (χ3v) is 5.13. The van der Waals surface area contributed by atoms with Crippen molar-refractivity contribution in [2.45, 2.75) is 6.04 Å². The molecule has 1 unspecified atom stereocenters. The normalized spacial score (nSPS) is 12.8. The van der Waals surface area contributed by atoms with Gasteiger partial charge in [-0.15, -0.1) is 11.3 Å². The van der Waals surface area contributed by atoms with E-state index in [2.05, 4.69) is 31.9 Å². The molecule has 2 aromatic rings. The van der Waals surface area contributed by atoms with Gasteiger partial charge in [0.15, 0.2) is 0 Å². The number of halogens is 4. The molecule has 0 fully saturated rings. The molecule has 2 N–H and O–H groups in total. The molecule has 0 radical (unpaired) electrons. The van der Waals surface area contributed by atoms with Crippen LogP contribution in [0.5, 0.6) is 0 Å². The largest absolute Gasteiger partial charge is 0.320 e. The molecule has 0 aliphatic rings. The minimum Gasteiger partial charge on any atom is -0.320 e. The Bertz CT molecular complexity index is 558. The van der Waals surface area contributed by atoms with E-state index < -0.39 is 11.9 Å². The second-order valence-corrected chi connectivity index (χ2v) is 6.95. The maximum atomic E-state index is 14.0. The highest BCUT2D eigenvalue weighted by Gasteiger charge is 2.18. The fraction of sp³-hybridized carbons (Fsp3) is 0.0909. The molecule has 0 aliphatic carbocycles. The van der Waals surface area contributed by atoms with Gasteiger partial charge in [0.25, 0.3) is 0 Å². The molecule has 6 heteroatoms. The quantitative estimate of drug-likeness (QED) is 0.698. The van der Waals surface area contributed by atoms with Crippen molar-refractivity contribution in [3.63, 3.8) is 0 Å². The second kappa shape index (κ2) is 5.36. The van der Waals surface area contributed by atoms with Gasteiger partial charge >= 0.3 is 0 Å². The van der Waals surface area contributed by atoms with Gasteiger partial charge in [-0.1, -0.05) is 17.7 Å². The molecule has 1 aromatic heterocycles. The minimum absolute atomic E-state index is 0.0623. The maximum Gasteiger partial charge on any atom is 0.148 e. The summed E-state index contributed by atoms with van der Waals surface area (Å²) in [7, 11) is 0. The van der Waals surface area contributed by atoms with Crippen molar-refractivity contribution in [1.82, 2.24) is 0 Å². The molecule has 0 saturated carbocycles. The van der Waals surface area contributed by atoms with Crippen molar-refractivity contribution in [3.8, 4) is 0 Å². The molecule has 1 heterocycles. The first-order valence-electron chi connectivity index (χ1n) is 4.63. The van der Waals surface area contributed by atoms with E-state index in [1.54, 1.807) is 12.1 Å². The SMILES string of the molecule is NC(c1csc(Br)c1)c1ccc(Br)c(Cl)c1F. The van der Waals surface area contributed by atoms with Crippen LogP contribution in [0.1, 0.15) is 17.2 Å². The van der Waals surface area contributed by atoms with Crippen LogP contribution in [-0.4, -0.2) is 0 Å². The second-order valence-electron chi connectivity index (χ2n) is 3.43. The van der Waals surface area contributed by atoms with E-state index in [4.69, 9.17) is 17.3 Å². The van der Waals surface area contributed by atoms with E-state index in [1.807, 2.05) is 11.4 Å². The van der Waals surface area contributed by atoms with Gasteiger partial charge in [0, 0.05) is 10.0 Å². The van der Waals surface area contributed by atoms with E-state index in [0.29, 0.717) is 10.0 Å². The summed E-state index contributed by atoms with van der Waals surface area (Å²) in [4.78, 5) is 0. The molecule has 17 heavy (non-hydrogen) atoms. The summed E-state index contributed by atoms with van der Waals surface area (Å²) in [6.07, 6.45) is 0. The summed E-state index contributed by atoms with van der Waals surface area (Å²) in [6.45, 7) is 0. The maximum absolute atomic E-state index is 14.0. The van der Waals surface area contributed by atoms with Gasteiger partial charge < -0.3 is 5.73 Å². The van der Waals surface area contributed by atoms with Gasteiger partial charge in [0.1, 0.15) is 5.82 Å². The van der Waals surface area contributed by atoms with Crippen LogP contribution in [0.15, 0.2) is 31.8 Å². The van der Waals surface area contributed by atoms with Gasteiger partial charge in [-0.25, -0.2) is 4.39 Å². The summed E-state index contributed by atoms with van der Waals surface area (Å²) in [5, 5.41) is 1.96. The van der Waals surface area contributed by atoms with Crippen molar-refractivity contribution in [3.05, 3.63) is 53.8 Å². The Labute approximate surface area is 124 Å². The van der Waals surface area contributed by atoms with Crippen molar-refractivity contribution < 1.29 is 4.39 Å². The molecule has 0 aliphatic heterocycles. The highest BCUT2D eigenvalue weighted by molar-refractivity contribution is 9.11. The summed E-state index contributed by atoms with van der Waals surface area (Å²) in [5.74, 6) is -0.476. The Morgan fingerprint density at radius 3 is 2.65 bits per heavy atom. The summed E-state index contributed by atoms with van der Waals surface area (Å²) < 4.78 is 15.4. The molecule has 1 nitrogen and oxygen atoms in total. The van der Waals surface area contributed by atoms with Crippen molar-refractivity contribution in [2.75, 3.05) is 0 Å². The Kier molecular flexibility index (Phi) is 4.26. The number of hydrogen-bond donors (Lipinski definition) is 1. The highest BCUT2D eigenvalue weighted by atomic mass is 79.9. The van der Waals surface area contributed by atoms with Gasteiger partial charge in [0.05, 0.1) is 14.9 Å². The first-order chi connectivity index (χ1) is 8.00. The van der Waals surface area contributed by atoms with Gasteiger partial charge in [0.2, 0.25) is 0 Å². The fourth-order valence-electron chi connectivity index (χ4n) is 1.45. The molecular formula is C11H7Br2ClFNS. The van der Waals surface area contributed by atoms with Crippen LogP contribution >= 0.6 is 54.8 Å². The Morgan fingerprint density at radius 2 is 2.06 bits per heavy atom. The van der Waals surface area contributed by atoms with Crippen LogP contribution in [0, 0.1) is 5.82 Å². The molecule has 1 aromatic carbocycles. The summed E-state index contributed by atoms with van der Waals surface area (Å²) in [5.41, 5.74) is 7.27. The monoisotopic (exact) mass is 397 g/mol. The Morgan fingerprint density at radius 1 is 1.35 bits per heavy atom. The van der Waals surface area contributed by atoms with Crippen LogP contribution < -0.4 is 5.73 Å². The van der Waals surface area contributed by atoms with Gasteiger partial charge in [-0.2, -0.15) is 0 Å². The lowest BCUT2D eigenvalue weighted by Crippen LogP contribution is -2.13. The predicted molar refractivity (Wildman–Crippen MR) is 77.2 cm³/mol. The number of rotatable bonds is 2. The summed E-state index contributed by atoms with van der Waals surface area (Å²) in [6, 6.07) is 4.71. The van der Waals surface area contributed by atoms with E-state index in [-0.39, 0.29) is 5.02 Å². The molecule has 90 valence electrons. The smallest absolute Gasteiger partial charge is 0.148 e. The zero-order valence-corrected chi connectivity index (χ0v) is 13.1. The lowest BCUT2D eigenvalue weighted by atomic mass is 10.0. The van der Waals surface area contributed by atoms with Crippen LogP contribution in [-0.2, 0) is 0 Å². The summed E-state index contributed by atoms with van der Waals surface area (Å²) >= 11 is 13.9. The van der Waals surface area contributed by atoms with E-state index >= 15 is 0 Å². The first-order valence-corrected chi connectivity index (χ1v) is 7.48. The fourth-order valence-corrected chi connectivity index (χ4v) is 3.14. The third kappa shape index (κ3) is 2.74. The predicted octanol–water partition coefficient (Wildman–Crippen LogP) is 5.11. The first kappa shape index (κ1) is 13.5. The zero-order chi connectivity index (χ0) is 12.6. The van der Waals surface area contributed by atoms with Crippen LogP contribution in [0.2, 0.25) is 5.02 Å². The number of thiophene rings is 1. The lowest BCUT2D eigenvalue weighted by molar-refractivity contribution is 0.599. The molecule has 0 spiro atoms. The molecule has 0 saturated heterocycles. The Balaban J connectivity index is 2.44. The Hall–Kier alpha value is 0.0600.